The molecule has 0 saturated carbocycles. The number of carbonyl (C=O) groups excluding carboxylic acids is 3. The molecule has 1 aromatic heterocycles. The molecule has 0 fully saturated rings. The van der Waals surface area contributed by atoms with Crippen molar-refractivity contribution in [1.82, 2.24) is 10.3 Å². The number of Topliss-reactive ketones (excluding diaryl/α,β-unsaturated/α-hetero) is 1. The average Bonchev–Trinajstić information content (AvgIpc) is 3.07. The maximum absolute atomic E-state index is 12.0. The van der Waals surface area contributed by atoms with Crippen molar-refractivity contribution in [1.29, 1.82) is 0 Å². The van der Waals surface area contributed by atoms with Gasteiger partial charge in [0.25, 0.3) is 5.91 Å². The molecule has 7 heteroatoms. The second-order valence-electron chi connectivity index (χ2n) is 4.79. The molecule has 1 amide bonds. The van der Waals surface area contributed by atoms with E-state index in [4.69, 9.17) is 16.3 Å². The Kier molecular flexibility index (Phi) is 5.54. The van der Waals surface area contributed by atoms with Gasteiger partial charge >= 0.3 is 5.97 Å². The number of carbonyl (C=O) groups is 3. The summed E-state index contributed by atoms with van der Waals surface area (Å²) in [6.07, 6.45) is 1.60. The zero-order chi connectivity index (χ0) is 16.8. The first-order chi connectivity index (χ1) is 11.0. The number of halogens is 1. The molecule has 2 N–H and O–H groups in total. The Morgan fingerprint density at radius 1 is 1.22 bits per heavy atom. The molecule has 2 aromatic rings. The smallest absolute Gasteiger partial charge is 0.328 e. The number of aromatic nitrogens is 1. The fourth-order valence-electron chi connectivity index (χ4n) is 1.82. The maximum Gasteiger partial charge on any atom is 0.328 e. The Morgan fingerprint density at radius 3 is 2.61 bits per heavy atom. The van der Waals surface area contributed by atoms with Gasteiger partial charge in [0.05, 0.1) is 16.3 Å². The molecule has 0 aliphatic carbocycles. The molecule has 1 atom stereocenters. The fraction of sp³-hybridized carbons (Fsp3) is 0.188. The van der Waals surface area contributed by atoms with Crippen LogP contribution in [0.4, 0.5) is 0 Å². The molecule has 0 aliphatic heterocycles. The SMILES string of the molecule is C[C@H](NC(=O)c1ccccc1Cl)C(=O)OCC(=O)c1ccc[nH]1. The Labute approximate surface area is 137 Å². The van der Waals surface area contributed by atoms with Crippen LogP contribution < -0.4 is 5.32 Å². The van der Waals surface area contributed by atoms with Crippen molar-refractivity contribution >= 4 is 29.3 Å². The van der Waals surface area contributed by atoms with Gasteiger partial charge < -0.3 is 15.0 Å². The molecule has 0 saturated heterocycles. The number of H-pyrrole nitrogens is 1. The fourth-order valence-corrected chi connectivity index (χ4v) is 2.04. The van der Waals surface area contributed by atoms with E-state index in [1.54, 1.807) is 42.6 Å². The number of nitrogens with one attached hydrogen (secondary N) is 2. The summed E-state index contributed by atoms with van der Waals surface area (Å²) < 4.78 is 4.90. The molecule has 0 aliphatic rings. The van der Waals surface area contributed by atoms with Crippen LogP contribution in [-0.4, -0.2) is 35.3 Å². The van der Waals surface area contributed by atoms with Crippen molar-refractivity contribution in [3.8, 4) is 0 Å². The van der Waals surface area contributed by atoms with Crippen LogP contribution in [0.25, 0.3) is 0 Å². The molecule has 1 heterocycles. The van der Waals surface area contributed by atoms with Crippen molar-refractivity contribution in [3.63, 3.8) is 0 Å². The van der Waals surface area contributed by atoms with Gasteiger partial charge in [-0.3, -0.25) is 9.59 Å². The number of benzene rings is 1. The lowest BCUT2D eigenvalue weighted by atomic mass is 10.2. The van der Waals surface area contributed by atoms with Crippen LogP contribution in [0.1, 0.15) is 27.8 Å². The third-order valence-electron chi connectivity index (χ3n) is 3.06. The Hall–Kier alpha value is -2.60. The van der Waals surface area contributed by atoms with Crippen LogP contribution in [0.3, 0.4) is 0 Å². The van der Waals surface area contributed by atoms with E-state index in [0.717, 1.165) is 0 Å². The van der Waals surface area contributed by atoms with Crippen LogP contribution in [0.2, 0.25) is 5.02 Å². The zero-order valence-corrected chi connectivity index (χ0v) is 13.1. The predicted molar refractivity (Wildman–Crippen MR) is 84.5 cm³/mol. The molecule has 0 radical (unpaired) electrons. The van der Waals surface area contributed by atoms with Gasteiger partial charge in [-0.05, 0) is 31.2 Å². The normalized spacial score (nSPS) is 11.6. The summed E-state index contributed by atoms with van der Waals surface area (Å²) in [6.45, 7) is 1.07. The number of rotatable bonds is 6. The lowest BCUT2D eigenvalue weighted by molar-refractivity contribution is -0.144. The number of aromatic amines is 1. The Bertz CT molecular complexity index is 713. The molecular weight excluding hydrogens is 320 g/mol. The van der Waals surface area contributed by atoms with Gasteiger partial charge in [0.2, 0.25) is 5.78 Å². The first-order valence-electron chi connectivity index (χ1n) is 6.87. The molecule has 6 nitrogen and oxygen atoms in total. The zero-order valence-electron chi connectivity index (χ0n) is 12.3. The van der Waals surface area contributed by atoms with E-state index in [0.29, 0.717) is 5.69 Å². The largest absolute Gasteiger partial charge is 0.456 e. The highest BCUT2D eigenvalue weighted by Crippen LogP contribution is 2.14. The first-order valence-corrected chi connectivity index (χ1v) is 7.25. The van der Waals surface area contributed by atoms with Crippen molar-refractivity contribution in [2.24, 2.45) is 0 Å². The molecule has 0 unspecified atom stereocenters. The second-order valence-corrected chi connectivity index (χ2v) is 5.20. The van der Waals surface area contributed by atoms with Gasteiger partial charge in [0.1, 0.15) is 6.04 Å². The van der Waals surface area contributed by atoms with E-state index in [1.165, 1.54) is 6.92 Å². The van der Waals surface area contributed by atoms with Crippen LogP contribution in [0.5, 0.6) is 0 Å². The number of ether oxygens (including phenoxy) is 1. The highest BCUT2D eigenvalue weighted by Gasteiger charge is 2.20. The minimum atomic E-state index is -0.907. The minimum Gasteiger partial charge on any atom is -0.456 e. The van der Waals surface area contributed by atoms with E-state index in [1.807, 2.05) is 0 Å². The number of ketones is 1. The summed E-state index contributed by atoms with van der Waals surface area (Å²) in [5.41, 5.74) is 0.613. The molecule has 0 bridgehead atoms. The van der Waals surface area contributed by atoms with Gasteiger partial charge in [0.15, 0.2) is 6.61 Å². The van der Waals surface area contributed by atoms with Crippen molar-refractivity contribution in [3.05, 3.63) is 58.9 Å². The van der Waals surface area contributed by atoms with Gasteiger partial charge in [-0.25, -0.2) is 4.79 Å². The summed E-state index contributed by atoms with van der Waals surface area (Å²) in [4.78, 5) is 38.3. The molecule has 0 spiro atoms. The molecule has 120 valence electrons. The molecule has 2 rings (SSSR count). The van der Waals surface area contributed by atoms with E-state index >= 15 is 0 Å². The second kappa shape index (κ2) is 7.60. The van der Waals surface area contributed by atoms with Crippen LogP contribution in [-0.2, 0) is 9.53 Å². The van der Waals surface area contributed by atoms with E-state index in [-0.39, 0.29) is 16.4 Å². The lowest BCUT2D eigenvalue weighted by Crippen LogP contribution is -2.40. The van der Waals surface area contributed by atoms with E-state index in [9.17, 15) is 14.4 Å². The minimum absolute atomic E-state index is 0.260. The van der Waals surface area contributed by atoms with E-state index in [2.05, 4.69) is 10.3 Å². The van der Waals surface area contributed by atoms with Crippen molar-refractivity contribution in [2.75, 3.05) is 6.61 Å². The van der Waals surface area contributed by atoms with Gasteiger partial charge in [-0.15, -0.1) is 0 Å². The topological polar surface area (TPSA) is 88.3 Å². The first kappa shape index (κ1) is 16.8. The number of amides is 1. The Balaban J connectivity index is 1.86. The Morgan fingerprint density at radius 2 is 1.96 bits per heavy atom. The van der Waals surface area contributed by atoms with Crippen molar-refractivity contribution in [2.45, 2.75) is 13.0 Å². The maximum atomic E-state index is 12.0. The summed E-state index contributed by atoms with van der Waals surface area (Å²) in [7, 11) is 0. The molecular formula is C16H15ClN2O4. The lowest BCUT2D eigenvalue weighted by Gasteiger charge is -2.13. The number of esters is 1. The van der Waals surface area contributed by atoms with E-state index < -0.39 is 24.5 Å². The summed E-state index contributed by atoms with van der Waals surface area (Å²) in [5, 5.41) is 2.76. The number of hydrogen-bond donors (Lipinski definition) is 2. The highest BCUT2D eigenvalue weighted by molar-refractivity contribution is 6.33. The molecule has 1 aromatic carbocycles. The summed E-state index contributed by atoms with van der Waals surface area (Å²) in [5.74, 6) is -1.55. The summed E-state index contributed by atoms with van der Waals surface area (Å²) in [6, 6.07) is 8.83. The standard InChI is InChI=1S/C16H15ClN2O4/c1-10(19-15(21)11-5-2-3-6-12(11)17)16(22)23-9-14(20)13-7-4-8-18-13/h2-8,10,18H,9H2,1H3,(H,19,21)/t10-/m0/s1. The predicted octanol–water partition coefficient (Wildman–Crippen LogP) is 2.21. The monoisotopic (exact) mass is 334 g/mol. The average molecular weight is 335 g/mol. The van der Waals surface area contributed by atoms with Crippen LogP contribution in [0.15, 0.2) is 42.6 Å². The number of hydrogen-bond acceptors (Lipinski definition) is 4. The quantitative estimate of drug-likeness (QED) is 0.626. The highest BCUT2D eigenvalue weighted by atomic mass is 35.5. The van der Waals surface area contributed by atoms with Gasteiger partial charge in [0, 0.05) is 6.20 Å². The van der Waals surface area contributed by atoms with Crippen LogP contribution in [0, 0.1) is 0 Å². The molecule has 23 heavy (non-hydrogen) atoms. The third kappa shape index (κ3) is 4.43. The third-order valence-corrected chi connectivity index (χ3v) is 3.39. The van der Waals surface area contributed by atoms with Gasteiger partial charge in [-0.2, -0.15) is 0 Å². The van der Waals surface area contributed by atoms with Gasteiger partial charge in [-0.1, -0.05) is 23.7 Å². The summed E-state index contributed by atoms with van der Waals surface area (Å²) >= 11 is 5.92. The van der Waals surface area contributed by atoms with Crippen LogP contribution >= 0.6 is 11.6 Å². The van der Waals surface area contributed by atoms with Crippen molar-refractivity contribution < 1.29 is 19.1 Å².